The van der Waals surface area contributed by atoms with Crippen LogP contribution in [0.15, 0.2) is 46.9 Å². The van der Waals surface area contributed by atoms with Crippen LogP contribution in [0.1, 0.15) is 11.1 Å². The first-order valence-corrected chi connectivity index (χ1v) is 9.37. The van der Waals surface area contributed by atoms with E-state index in [2.05, 4.69) is 21.2 Å². The molecule has 27 heavy (non-hydrogen) atoms. The second-order valence-corrected chi connectivity index (χ2v) is 8.04. The van der Waals surface area contributed by atoms with Crippen LogP contribution in [0.25, 0.3) is 0 Å². The fourth-order valence-corrected chi connectivity index (χ4v) is 4.16. The average Bonchev–Trinajstić information content (AvgIpc) is 2.61. The Hall–Kier alpha value is -2.67. The number of halogens is 1. The monoisotopic (exact) mass is 427 g/mol. The second kappa shape index (κ2) is 6.20. The molecule has 2 aromatic carbocycles. The summed E-state index contributed by atoms with van der Waals surface area (Å²) in [6.07, 6.45) is 0.263. The minimum absolute atomic E-state index is 0.216. The third kappa shape index (κ3) is 2.73. The lowest BCUT2D eigenvalue weighted by Crippen LogP contribution is -2.68. The zero-order valence-electron chi connectivity index (χ0n) is 15.0. The van der Waals surface area contributed by atoms with Crippen LogP contribution in [0.4, 0.5) is 16.2 Å². The van der Waals surface area contributed by atoms with Gasteiger partial charge in [0.15, 0.2) is 5.41 Å². The maximum absolute atomic E-state index is 13.5. The summed E-state index contributed by atoms with van der Waals surface area (Å²) in [5.41, 5.74) is 2.08. The summed E-state index contributed by atoms with van der Waals surface area (Å²) in [7, 11) is 1.86. The summed E-state index contributed by atoms with van der Waals surface area (Å²) in [6.45, 7) is 2.19. The van der Waals surface area contributed by atoms with Crippen molar-refractivity contribution in [3.63, 3.8) is 0 Å². The number of barbiturate groups is 1. The highest BCUT2D eigenvalue weighted by molar-refractivity contribution is 9.10. The largest absolute Gasteiger partial charge is 0.373 e. The van der Waals surface area contributed by atoms with E-state index < -0.39 is 23.3 Å². The van der Waals surface area contributed by atoms with Crippen molar-refractivity contribution in [2.75, 3.05) is 23.4 Å². The molecule has 4 rings (SSSR count). The summed E-state index contributed by atoms with van der Waals surface area (Å²) >= 11 is 3.35. The molecule has 0 aromatic heterocycles. The molecular weight excluding hydrogens is 410 g/mol. The van der Waals surface area contributed by atoms with Crippen LogP contribution < -0.4 is 15.1 Å². The predicted octanol–water partition coefficient (Wildman–Crippen LogP) is 3.02. The number of carbonyl (C=O) groups is 3. The zero-order chi connectivity index (χ0) is 19.3. The third-order valence-electron chi connectivity index (χ3n) is 5.20. The predicted molar refractivity (Wildman–Crippen MR) is 106 cm³/mol. The van der Waals surface area contributed by atoms with Crippen molar-refractivity contribution in [1.82, 2.24) is 5.32 Å². The molecule has 1 spiro atoms. The number of rotatable bonds is 1. The SMILES string of the molecule is Cc1ccc2c(c1)CC1(CN2C)C(=O)NC(=O)N(c2ccc(Br)cc2)C1=O. The number of fused-ring (bicyclic) bond motifs is 1. The Morgan fingerprint density at radius 2 is 1.78 bits per heavy atom. The molecule has 1 fully saturated rings. The van der Waals surface area contributed by atoms with Gasteiger partial charge in [-0.05, 0) is 49.2 Å². The van der Waals surface area contributed by atoms with Crippen molar-refractivity contribution in [3.8, 4) is 0 Å². The van der Waals surface area contributed by atoms with Gasteiger partial charge >= 0.3 is 6.03 Å². The van der Waals surface area contributed by atoms with Crippen LogP contribution in [-0.2, 0) is 16.0 Å². The summed E-state index contributed by atoms with van der Waals surface area (Å²) in [5.74, 6) is -1.03. The first kappa shape index (κ1) is 17.7. The molecule has 0 saturated carbocycles. The van der Waals surface area contributed by atoms with Gasteiger partial charge in [0.2, 0.25) is 5.91 Å². The lowest BCUT2D eigenvalue weighted by molar-refractivity contribution is -0.142. The fraction of sp³-hybridized carbons (Fsp3) is 0.250. The number of benzene rings is 2. The molecule has 2 aromatic rings. The fourth-order valence-electron chi connectivity index (χ4n) is 3.90. The van der Waals surface area contributed by atoms with Crippen LogP contribution in [0.3, 0.4) is 0 Å². The molecule has 0 radical (unpaired) electrons. The zero-order valence-corrected chi connectivity index (χ0v) is 16.5. The van der Waals surface area contributed by atoms with E-state index in [0.29, 0.717) is 5.69 Å². The standard InChI is InChI=1S/C20H18BrN3O3/c1-12-3-8-16-13(9-12)10-20(11-23(16)2)17(25)22-19(27)24(18(20)26)15-6-4-14(21)5-7-15/h3-9H,10-11H2,1-2H3,(H,22,25,27). The van der Waals surface area contributed by atoms with Gasteiger partial charge in [0.25, 0.3) is 5.91 Å². The topological polar surface area (TPSA) is 69.7 Å². The first-order chi connectivity index (χ1) is 12.8. The van der Waals surface area contributed by atoms with Crippen LogP contribution >= 0.6 is 15.9 Å². The molecule has 2 aliphatic rings. The first-order valence-electron chi connectivity index (χ1n) is 8.58. The highest BCUT2D eigenvalue weighted by Crippen LogP contribution is 2.40. The van der Waals surface area contributed by atoms with Crippen molar-refractivity contribution >= 4 is 45.2 Å². The van der Waals surface area contributed by atoms with Crippen molar-refractivity contribution in [1.29, 1.82) is 0 Å². The van der Waals surface area contributed by atoms with E-state index in [9.17, 15) is 14.4 Å². The van der Waals surface area contributed by atoms with E-state index in [0.717, 1.165) is 26.2 Å². The molecule has 0 aliphatic carbocycles. The van der Waals surface area contributed by atoms with Gasteiger partial charge in [0.1, 0.15) is 0 Å². The van der Waals surface area contributed by atoms with E-state index in [4.69, 9.17) is 0 Å². The summed E-state index contributed by atoms with van der Waals surface area (Å²) in [6, 6.07) is 12.2. The van der Waals surface area contributed by atoms with Gasteiger partial charge in [-0.2, -0.15) is 0 Å². The van der Waals surface area contributed by atoms with E-state index in [-0.39, 0.29) is 13.0 Å². The molecule has 2 aliphatic heterocycles. The Labute approximate surface area is 165 Å². The third-order valence-corrected chi connectivity index (χ3v) is 5.73. The van der Waals surface area contributed by atoms with Crippen molar-refractivity contribution in [3.05, 3.63) is 58.1 Å². The van der Waals surface area contributed by atoms with E-state index in [1.165, 1.54) is 0 Å². The number of nitrogens with one attached hydrogen (secondary N) is 1. The van der Waals surface area contributed by atoms with Gasteiger partial charge < -0.3 is 4.90 Å². The Morgan fingerprint density at radius 3 is 2.48 bits per heavy atom. The lowest BCUT2D eigenvalue weighted by atomic mass is 9.74. The molecule has 7 heteroatoms. The van der Waals surface area contributed by atoms with Gasteiger partial charge in [-0.15, -0.1) is 0 Å². The number of amides is 4. The highest BCUT2D eigenvalue weighted by atomic mass is 79.9. The number of imide groups is 2. The Morgan fingerprint density at radius 1 is 1.07 bits per heavy atom. The lowest BCUT2D eigenvalue weighted by Gasteiger charge is -2.45. The quantitative estimate of drug-likeness (QED) is 0.710. The number of hydrogen-bond acceptors (Lipinski definition) is 4. The van der Waals surface area contributed by atoms with Gasteiger partial charge in [0.05, 0.1) is 5.69 Å². The smallest absolute Gasteiger partial charge is 0.335 e. The van der Waals surface area contributed by atoms with Gasteiger partial charge in [-0.3, -0.25) is 14.9 Å². The molecule has 0 bridgehead atoms. The molecule has 1 saturated heterocycles. The van der Waals surface area contributed by atoms with E-state index in [1.807, 2.05) is 37.1 Å². The number of carbonyl (C=O) groups excluding carboxylic acids is 3. The number of aryl methyl sites for hydroxylation is 1. The maximum Gasteiger partial charge on any atom is 0.335 e. The van der Waals surface area contributed by atoms with Crippen LogP contribution in [0, 0.1) is 12.3 Å². The van der Waals surface area contributed by atoms with Crippen LogP contribution in [0.2, 0.25) is 0 Å². The molecule has 1 unspecified atom stereocenters. The molecule has 2 heterocycles. The molecule has 4 amide bonds. The number of nitrogens with zero attached hydrogens (tertiary/aromatic N) is 2. The molecule has 6 nitrogen and oxygen atoms in total. The van der Waals surface area contributed by atoms with Gasteiger partial charge in [-0.1, -0.05) is 33.6 Å². The van der Waals surface area contributed by atoms with Crippen LogP contribution in [0.5, 0.6) is 0 Å². The van der Waals surface area contributed by atoms with E-state index in [1.54, 1.807) is 24.3 Å². The van der Waals surface area contributed by atoms with E-state index >= 15 is 0 Å². The van der Waals surface area contributed by atoms with Gasteiger partial charge in [-0.25, -0.2) is 9.69 Å². The summed E-state index contributed by atoms with van der Waals surface area (Å²) < 4.78 is 0.837. The minimum Gasteiger partial charge on any atom is -0.373 e. The minimum atomic E-state index is -1.34. The number of hydrogen-bond donors (Lipinski definition) is 1. The Bertz CT molecular complexity index is 973. The van der Waals surface area contributed by atoms with Gasteiger partial charge in [0, 0.05) is 23.8 Å². The van der Waals surface area contributed by atoms with Crippen molar-refractivity contribution in [2.45, 2.75) is 13.3 Å². The second-order valence-electron chi connectivity index (χ2n) is 7.12. The summed E-state index contributed by atoms with van der Waals surface area (Å²) in [5, 5.41) is 2.39. The Balaban J connectivity index is 1.80. The van der Waals surface area contributed by atoms with Crippen molar-refractivity contribution in [2.24, 2.45) is 5.41 Å². The van der Waals surface area contributed by atoms with Crippen molar-refractivity contribution < 1.29 is 14.4 Å². The summed E-state index contributed by atoms with van der Waals surface area (Å²) in [4.78, 5) is 41.7. The molecular formula is C20H18BrN3O3. The normalized spacial score (nSPS) is 22.1. The molecule has 138 valence electrons. The Kier molecular flexibility index (Phi) is 4.07. The molecule has 1 atom stereocenters. The highest BCUT2D eigenvalue weighted by Gasteiger charge is 2.56. The average molecular weight is 428 g/mol. The number of urea groups is 1. The maximum atomic E-state index is 13.5. The van der Waals surface area contributed by atoms with Crippen LogP contribution in [-0.4, -0.2) is 31.4 Å². The molecule has 1 N–H and O–H groups in total. The number of anilines is 2.